The summed E-state index contributed by atoms with van der Waals surface area (Å²) in [6.07, 6.45) is 0.114. The van der Waals surface area contributed by atoms with Gasteiger partial charge in [-0.25, -0.2) is 0 Å². The average molecular weight is 330 g/mol. The molecule has 4 rings (SSSR count). The van der Waals surface area contributed by atoms with Gasteiger partial charge in [-0.05, 0) is 24.3 Å². The van der Waals surface area contributed by atoms with E-state index in [4.69, 9.17) is 28.4 Å². The molecule has 0 saturated carbocycles. The SMILES string of the molecule is O=C(CCOc1ccc2c(c1)OCO2)Oc1ccc2c(c1)OCO2. The summed E-state index contributed by atoms with van der Waals surface area (Å²) in [5.74, 6) is 3.15. The quantitative estimate of drug-likeness (QED) is 0.616. The Bertz CT molecular complexity index is 772. The highest BCUT2D eigenvalue weighted by molar-refractivity contribution is 5.72. The highest BCUT2D eigenvalue weighted by Crippen LogP contribution is 2.36. The Hall–Kier alpha value is -3.09. The first-order valence-electron chi connectivity index (χ1n) is 7.41. The van der Waals surface area contributed by atoms with Gasteiger partial charge < -0.3 is 28.4 Å². The van der Waals surface area contributed by atoms with Crippen molar-refractivity contribution in [3.63, 3.8) is 0 Å². The molecule has 0 radical (unpaired) electrons. The van der Waals surface area contributed by atoms with Crippen molar-refractivity contribution < 1.29 is 33.2 Å². The maximum absolute atomic E-state index is 11.9. The predicted octanol–water partition coefficient (Wildman–Crippen LogP) is 2.52. The van der Waals surface area contributed by atoms with Crippen LogP contribution in [0.25, 0.3) is 0 Å². The standard InChI is InChI=1S/C17H14O7/c18-17(24-12-2-4-14-16(8-12)23-10-21-14)5-6-19-11-1-3-13-15(7-11)22-9-20-13/h1-4,7-8H,5-6,9-10H2. The Morgan fingerprint density at radius 2 is 1.42 bits per heavy atom. The van der Waals surface area contributed by atoms with Crippen molar-refractivity contribution in [2.45, 2.75) is 6.42 Å². The Labute approximate surface area is 137 Å². The normalized spacial score (nSPS) is 13.7. The second-order valence-electron chi connectivity index (χ2n) is 5.10. The Kier molecular flexibility index (Phi) is 3.74. The summed E-state index contributed by atoms with van der Waals surface area (Å²) in [4.78, 5) is 11.9. The summed E-state index contributed by atoms with van der Waals surface area (Å²) in [6.45, 7) is 0.583. The number of esters is 1. The van der Waals surface area contributed by atoms with Crippen LogP contribution in [-0.4, -0.2) is 26.2 Å². The highest BCUT2D eigenvalue weighted by Gasteiger charge is 2.16. The summed E-state index contributed by atoms with van der Waals surface area (Å²) in [7, 11) is 0. The van der Waals surface area contributed by atoms with Gasteiger partial charge in [-0.2, -0.15) is 0 Å². The van der Waals surface area contributed by atoms with Gasteiger partial charge in [-0.15, -0.1) is 0 Å². The Balaban J connectivity index is 1.27. The van der Waals surface area contributed by atoms with E-state index in [0.717, 1.165) is 0 Å². The molecule has 0 fully saturated rings. The van der Waals surface area contributed by atoms with Gasteiger partial charge in [-0.3, -0.25) is 4.79 Å². The lowest BCUT2D eigenvalue weighted by Crippen LogP contribution is -2.12. The third-order valence-corrected chi connectivity index (χ3v) is 3.49. The van der Waals surface area contributed by atoms with E-state index in [0.29, 0.717) is 34.5 Å². The van der Waals surface area contributed by atoms with Crippen LogP contribution >= 0.6 is 0 Å². The molecule has 2 aromatic carbocycles. The zero-order chi connectivity index (χ0) is 16.4. The molecule has 0 N–H and O–H groups in total. The van der Waals surface area contributed by atoms with E-state index in [-0.39, 0.29) is 26.6 Å². The van der Waals surface area contributed by atoms with Crippen molar-refractivity contribution in [2.75, 3.05) is 20.2 Å². The van der Waals surface area contributed by atoms with Gasteiger partial charge in [-0.1, -0.05) is 0 Å². The maximum atomic E-state index is 11.9. The first kappa shape index (κ1) is 14.5. The molecule has 0 aromatic heterocycles. The van der Waals surface area contributed by atoms with Crippen LogP contribution in [0, 0.1) is 0 Å². The number of fused-ring (bicyclic) bond motifs is 2. The van der Waals surface area contributed by atoms with Crippen molar-refractivity contribution in [3.8, 4) is 34.5 Å². The van der Waals surface area contributed by atoms with Gasteiger partial charge in [0.05, 0.1) is 13.0 Å². The summed E-state index contributed by atoms with van der Waals surface area (Å²) in [5.41, 5.74) is 0. The second-order valence-corrected chi connectivity index (χ2v) is 5.10. The predicted molar refractivity (Wildman–Crippen MR) is 80.9 cm³/mol. The van der Waals surface area contributed by atoms with Gasteiger partial charge in [0.2, 0.25) is 13.6 Å². The van der Waals surface area contributed by atoms with E-state index in [1.165, 1.54) is 0 Å². The monoisotopic (exact) mass is 330 g/mol. The van der Waals surface area contributed by atoms with Crippen molar-refractivity contribution in [1.29, 1.82) is 0 Å². The number of rotatable bonds is 5. The van der Waals surface area contributed by atoms with Crippen LogP contribution in [0.15, 0.2) is 36.4 Å². The molecule has 0 unspecified atom stereocenters. The molecule has 24 heavy (non-hydrogen) atoms. The largest absolute Gasteiger partial charge is 0.493 e. The van der Waals surface area contributed by atoms with Crippen molar-refractivity contribution >= 4 is 5.97 Å². The van der Waals surface area contributed by atoms with Crippen molar-refractivity contribution in [3.05, 3.63) is 36.4 Å². The molecule has 2 aromatic rings. The first-order chi connectivity index (χ1) is 11.8. The fraction of sp³-hybridized carbons (Fsp3) is 0.235. The molecule has 0 amide bonds. The summed E-state index contributed by atoms with van der Waals surface area (Å²) in [5, 5.41) is 0. The molecule has 7 heteroatoms. The van der Waals surface area contributed by atoms with Crippen molar-refractivity contribution in [1.82, 2.24) is 0 Å². The number of carbonyl (C=O) groups is 1. The molecule has 0 atom stereocenters. The fourth-order valence-corrected chi connectivity index (χ4v) is 2.34. The maximum Gasteiger partial charge on any atom is 0.314 e. The molecular weight excluding hydrogens is 316 g/mol. The topological polar surface area (TPSA) is 72.5 Å². The number of ether oxygens (including phenoxy) is 6. The van der Waals surface area contributed by atoms with Crippen LogP contribution in [-0.2, 0) is 4.79 Å². The van der Waals surface area contributed by atoms with E-state index in [1.807, 2.05) is 0 Å². The molecular formula is C17H14O7. The number of hydrogen-bond acceptors (Lipinski definition) is 7. The van der Waals surface area contributed by atoms with Gasteiger partial charge in [0.15, 0.2) is 23.0 Å². The van der Waals surface area contributed by atoms with Crippen LogP contribution < -0.4 is 28.4 Å². The Morgan fingerprint density at radius 3 is 2.12 bits per heavy atom. The molecule has 0 saturated heterocycles. The molecule has 2 heterocycles. The molecule has 2 aliphatic rings. The molecule has 0 spiro atoms. The van der Waals surface area contributed by atoms with Crippen LogP contribution in [0.5, 0.6) is 34.5 Å². The van der Waals surface area contributed by atoms with Crippen LogP contribution in [0.4, 0.5) is 0 Å². The third-order valence-electron chi connectivity index (χ3n) is 3.49. The minimum atomic E-state index is -0.394. The lowest BCUT2D eigenvalue weighted by molar-refractivity contribution is -0.134. The molecule has 0 bridgehead atoms. The van der Waals surface area contributed by atoms with Crippen LogP contribution in [0.1, 0.15) is 6.42 Å². The van der Waals surface area contributed by atoms with E-state index in [9.17, 15) is 4.79 Å². The van der Waals surface area contributed by atoms with Gasteiger partial charge >= 0.3 is 5.97 Å². The lowest BCUT2D eigenvalue weighted by atomic mass is 10.3. The fourth-order valence-electron chi connectivity index (χ4n) is 2.34. The van der Waals surface area contributed by atoms with Crippen molar-refractivity contribution in [2.24, 2.45) is 0 Å². The van der Waals surface area contributed by atoms with Gasteiger partial charge in [0, 0.05) is 12.1 Å². The van der Waals surface area contributed by atoms with E-state index < -0.39 is 5.97 Å². The zero-order valence-electron chi connectivity index (χ0n) is 12.7. The number of carbonyl (C=O) groups excluding carboxylic acids is 1. The number of benzene rings is 2. The zero-order valence-corrected chi connectivity index (χ0v) is 12.7. The van der Waals surface area contributed by atoms with Gasteiger partial charge in [0.1, 0.15) is 11.5 Å². The van der Waals surface area contributed by atoms with E-state index >= 15 is 0 Å². The van der Waals surface area contributed by atoms with E-state index in [2.05, 4.69) is 0 Å². The minimum Gasteiger partial charge on any atom is -0.493 e. The summed E-state index contributed by atoms with van der Waals surface area (Å²) in [6, 6.07) is 10.2. The summed E-state index contributed by atoms with van der Waals surface area (Å²) < 4.78 is 31.7. The number of hydrogen-bond donors (Lipinski definition) is 0. The highest BCUT2D eigenvalue weighted by atomic mass is 16.7. The average Bonchev–Trinajstić information content (AvgIpc) is 3.22. The third kappa shape index (κ3) is 3.01. The minimum absolute atomic E-state index is 0.114. The molecule has 2 aliphatic heterocycles. The first-order valence-corrected chi connectivity index (χ1v) is 7.41. The summed E-state index contributed by atoms with van der Waals surface area (Å²) >= 11 is 0. The lowest BCUT2D eigenvalue weighted by Gasteiger charge is -2.08. The Morgan fingerprint density at radius 1 is 0.833 bits per heavy atom. The van der Waals surface area contributed by atoms with E-state index in [1.54, 1.807) is 36.4 Å². The van der Waals surface area contributed by atoms with Gasteiger partial charge in [0.25, 0.3) is 0 Å². The molecule has 7 nitrogen and oxygen atoms in total. The van der Waals surface area contributed by atoms with Crippen LogP contribution in [0.3, 0.4) is 0 Å². The second kappa shape index (κ2) is 6.19. The smallest absolute Gasteiger partial charge is 0.314 e. The molecule has 124 valence electrons. The molecule has 0 aliphatic carbocycles. The van der Waals surface area contributed by atoms with Crippen LogP contribution in [0.2, 0.25) is 0 Å².